The molecule has 1 aliphatic heterocycles. The van der Waals surface area contributed by atoms with Gasteiger partial charge in [-0.3, -0.25) is 14.9 Å². The molecule has 11 heteroatoms. The molecule has 0 bridgehead atoms. The SMILES string of the molecule is CC.N#CC1CN(C(=O)c2ccc(-n3cc(-c4ccnc(N)c4[N+](=O)[O-])cn3)nc2)C1. The largest absolute Gasteiger partial charge is 0.378 e. The van der Waals surface area contributed by atoms with Crippen molar-refractivity contribution in [2.45, 2.75) is 13.8 Å². The zero-order valence-corrected chi connectivity index (χ0v) is 17.0. The molecule has 0 aromatic carbocycles. The van der Waals surface area contributed by atoms with Crippen LogP contribution in [0.5, 0.6) is 0 Å². The molecule has 31 heavy (non-hydrogen) atoms. The summed E-state index contributed by atoms with van der Waals surface area (Å²) in [5, 5.41) is 24.3. The number of hydrogen-bond donors (Lipinski definition) is 1. The maximum atomic E-state index is 12.3. The van der Waals surface area contributed by atoms with Gasteiger partial charge < -0.3 is 10.6 Å². The van der Waals surface area contributed by atoms with E-state index in [-0.39, 0.29) is 23.3 Å². The van der Waals surface area contributed by atoms with Crippen LogP contribution in [0, 0.1) is 27.4 Å². The summed E-state index contributed by atoms with van der Waals surface area (Å²) in [7, 11) is 0. The number of anilines is 1. The quantitative estimate of drug-likeness (QED) is 0.498. The van der Waals surface area contributed by atoms with Crippen LogP contribution in [0.15, 0.2) is 43.0 Å². The number of nitrogens with two attached hydrogens (primary N) is 1. The van der Waals surface area contributed by atoms with Gasteiger partial charge >= 0.3 is 5.69 Å². The van der Waals surface area contributed by atoms with Gasteiger partial charge in [0.05, 0.1) is 34.2 Å². The third-order valence-corrected chi connectivity index (χ3v) is 4.61. The number of nitro groups is 1. The molecule has 1 amide bonds. The Morgan fingerprint density at radius 3 is 2.61 bits per heavy atom. The molecule has 0 atom stereocenters. The van der Waals surface area contributed by atoms with Crippen molar-refractivity contribution in [2.24, 2.45) is 5.92 Å². The lowest BCUT2D eigenvalue weighted by molar-refractivity contribution is -0.383. The van der Waals surface area contributed by atoms with Crippen LogP contribution in [0.1, 0.15) is 24.2 Å². The van der Waals surface area contributed by atoms with Crippen molar-refractivity contribution in [3.05, 3.63) is 58.7 Å². The molecule has 158 valence electrons. The number of amides is 1. The second-order valence-corrected chi connectivity index (χ2v) is 6.46. The van der Waals surface area contributed by atoms with Crippen LogP contribution in [-0.4, -0.2) is 48.6 Å². The molecule has 0 aliphatic carbocycles. The number of hydrogen-bond acceptors (Lipinski definition) is 8. The molecule has 4 heterocycles. The standard InChI is InChI=1S/C18H14N8O3.C2H6/c19-5-11-8-24(9-11)18(27)12-1-2-15(22-6-12)25-10-13(7-23-25)14-3-4-21-17(20)16(14)26(28)29;1-2/h1-4,6-7,10-11H,8-9H2,(H2,20,21);1-2H3. The lowest BCUT2D eigenvalue weighted by atomic mass is 10.0. The van der Waals surface area contributed by atoms with Gasteiger partial charge in [0.15, 0.2) is 5.82 Å². The van der Waals surface area contributed by atoms with E-state index in [1.54, 1.807) is 23.2 Å². The van der Waals surface area contributed by atoms with Gasteiger partial charge in [0.25, 0.3) is 5.91 Å². The van der Waals surface area contributed by atoms with Crippen LogP contribution in [0.2, 0.25) is 0 Å². The van der Waals surface area contributed by atoms with Gasteiger partial charge in [-0.1, -0.05) is 13.8 Å². The lowest BCUT2D eigenvalue weighted by Crippen LogP contribution is -2.49. The molecule has 1 saturated heterocycles. The highest BCUT2D eigenvalue weighted by Crippen LogP contribution is 2.33. The first-order valence-electron chi connectivity index (χ1n) is 9.57. The first-order chi connectivity index (χ1) is 15.0. The number of pyridine rings is 2. The van der Waals surface area contributed by atoms with Gasteiger partial charge in [-0.15, -0.1) is 0 Å². The van der Waals surface area contributed by atoms with Crippen LogP contribution >= 0.6 is 0 Å². The molecule has 2 N–H and O–H groups in total. The fourth-order valence-corrected chi connectivity index (χ4v) is 3.04. The van der Waals surface area contributed by atoms with Crippen LogP contribution in [0.3, 0.4) is 0 Å². The molecular weight excluding hydrogens is 400 g/mol. The van der Waals surface area contributed by atoms with Crippen LogP contribution in [0.4, 0.5) is 11.5 Å². The summed E-state index contributed by atoms with van der Waals surface area (Å²) < 4.78 is 1.44. The molecular formula is C20H20N8O3. The summed E-state index contributed by atoms with van der Waals surface area (Å²) in [6.45, 7) is 4.85. The van der Waals surface area contributed by atoms with Crippen molar-refractivity contribution >= 4 is 17.4 Å². The van der Waals surface area contributed by atoms with Crippen molar-refractivity contribution in [1.29, 1.82) is 5.26 Å². The summed E-state index contributed by atoms with van der Waals surface area (Å²) in [6.07, 6.45) is 5.87. The summed E-state index contributed by atoms with van der Waals surface area (Å²) in [5.74, 6) is -0.0265. The Bertz CT molecular complexity index is 1140. The number of nitrogens with zero attached hydrogens (tertiary/aromatic N) is 7. The van der Waals surface area contributed by atoms with E-state index in [9.17, 15) is 14.9 Å². The number of nitrogen functional groups attached to an aromatic ring is 1. The van der Waals surface area contributed by atoms with E-state index in [1.807, 2.05) is 13.8 Å². The van der Waals surface area contributed by atoms with E-state index < -0.39 is 4.92 Å². The number of carbonyl (C=O) groups excluding carboxylic acids is 1. The molecule has 0 unspecified atom stereocenters. The fourth-order valence-electron chi connectivity index (χ4n) is 3.04. The highest BCUT2D eigenvalue weighted by atomic mass is 16.6. The first-order valence-corrected chi connectivity index (χ1v) is 9.57. The van der Waals surface area contributed by atoms with Crippen LogP contribution in [-0.2, 0) is 0 Å². The number of likely N-dealkylation sites (tertiary alicyclic amines) is 1. The Labute approximate surface area is 177 Å². The van der Waals surface area contributed by atoms with E-state index in [4.69, 9.17) is 11.0 Å². The third-order valence-electron chi connectivity index (χ3n) is 4.61. The molecule has 11 nitrogen and oxygen atoms in total. The molecule has 0 radical (unpaired) electrons. The molecule has 0 saturated carbocycles. The van der Waals surface area contributed by atoms with Gasteiger partial charge in [0.1, 0.15) is 0 Å². The number of aromatic nitrogens is 4. The molecule has 4 rings (SSSR count). The normalized spacial score (nSPS) is 12.9. The second kappa shape index (κ2) is 9.00. The Morgan fingerprint density at radius 2 is 2.00 bits per heavy atom. The number of carbonyl (C=O) groups is 1. The minimum atomic E-state index is -0.583. The highest BCUT2D eigenvalue weighted by Gasteiger charge is 2.31. The number of nitriles is 1. The van der Waals surface area contributed by atoms with E-state index in [0.29, 0.717) is 35.6 Å². The van der Waals surface area contributed by atoms with Gasteiger partial charge in [-0.25, -0.2) is 14.6 Å². The highest BCUT2D eigenvalue weighted by molar-refractivity contribution is 5.94. The minimum absolute atomic E-state index is 0.111. The molecule has 0 spiro atoms. The molecule has 1 aliphatic rings. The Hall–Kier alpha value is -4.33. The maximum absolute atomic E-state index is 12.3. The van der Waals surface area contributed by atoms with E-state index >= 15 is 0 Å². The molecule has 3 aromatic rings. The summed E-state index contributed by atoms with van der Waals surface area (Å²) in [5.41, 5.74) is 6.54. The Balaban J connectivity index is 0.00000132. The zero-order valence-electron chi connectivity index (χ0n) is 17.0. The van der Waals surface area contributed by atoms with Crippen LogP contribution < -0.4 is 5.73 Å². The van der Waals surface area contributed by atoms with Crippen LogP contribution in [0.25, 0.3) is 16.9 Å². The topological polar surface area (TPSA) is 157 Å². The predicted molar refractivity (Wildman–Crippen MR) is 112 cm³/mol. The van der Waals surface area contributed by atoms with Gasteiger partial charge in [-0.2, -0.15) is 10.4 Å². The summed E-state index contributed by atoms with van der Waals surface area (Å²) in [6, 6.07) is 6.87. The smallest absolute Gasteiger partial charge is 0.319 e. The number of rotatable bonds is 4. The second-order valence-electron chi connectivity index (χ2n) is 6.46. The monoisotopic (exact) mass is 420 g/mol. The van der Waals surface area contributed by atoms with E-state index in [0.717, 1.165) is 0 Å². The minimum Gasteiger partial charge on any atom is -0.378 e. The summed E-state index contributed by atoms with van der Waals surface area (Å²) >= 11 is 0. The maximum Gasteiger partial charge on any atom is 0.319 e. The third kappa shape index (κ3) is 4.18. The van der Waals surface area contributed by atoms with Crippen molar-refractivity contribution in [3.8, 4) is 23.0 Å². The van der Waals surface area contributed by atoms with Crippen molar-refractivity contribution < 1.29 is 9.72 Å². The molecule has 1 fully saturated rings. The lowest BCUT2D eigenvalue weighted by Gasteiger charge is -2.35. The van der Waals surface area contributed by atoms with E-state index in [2.05, 4.69) is 21.1 Å². The Kier molecular flexibility index (Phi) is 6.21. The van der Waals surface area contributed by atoms with E-state index in [1.165, 1.54) is 29.3 Å². The van der Waals surface area contributed by atoms with Gasteiger partial charge in [0.2, 0.25) is 5.82 Å². The average Bonchev–Trinajstić information content (AvgIpc) is 3.24. The average molecular weight is 420 g/mol. The van der Waals surface area contributed by atoms with Gasteiger partial charge in [0, 0.05) is 37.2 Å². The fraction of sp³-hybridized carbons (Fsp3) is 0.250. The van der Waals surface area contributed by atoms with Crippen molar-refractivity contribution in [2.75, 3.05) is 18.8 Å². The first kappa shape index (κ1) is 21.4. The Morgan fingerprint density at radius 1 is 1.26 bits per heavy atom. The summed E-state index contributed by atoms with van der Waals surface area (Å²) in [4.78, 5) is 32.7. The van der Waals surface area contributed by atoms with Gasteiger partial charge in [-0.05, 0) is 18.2 Å². The zero-order chi connectivity index (χ0) is 22.5. The predicted octanol–water partition coefficient (Wildman–Crippen LogP) is 2.44. The van der Waals surface area contributed by atoms with Crippen molar-refractivity contribution in [1.82, 2.24) is 24.6 Å². The van der Waals surface area contributed by atoms with Crippen molar-refractivity contribution in [3.63, 3.8) is 0 Å². The molecule has 3 aromatic heterocycles.